The van der Waals surface area contributed by atoms with Gasteiger partial charge in [0.1, 0.15) is 5.82 Å². The van der Waals surface area contributed by atoms with Gasteiger partial charge in [0.05, 0.1) is 16.7 Å². The molecular weight excluding hydrogens is 421 g/mol. The first-order chi connectivity index (χ1) is 14.9. The van der Waals surface area contributed by atoms with E-state index < -0.39 is 10.0 Å². The van der Waals surface area contributed by atoms with Crippen molar-refractivity contribution in [3.05, 3.63) is 59.9 Å². The minimum Gasteiger partial charge on any atom is -0.377 e. The van der Waals surface area contributed by atoms with Crippen molar-refractivity contribution in [2.24, 2.45) is 0 Å². The van der Waals surface area contributed by atoms with Gasteiger partial charge in [-0.2, -0.15) is 0 Å². The van der Waals surface area contributed by atoms with Crippen LogP contribution >= 0.6 is 0 Å². The molecule has 2 aliphatic heterocycles. The molecule has 1 N–H and O–H groups in total. The second-order valence-corrected chi connectivity index (χ2v) is 9.51. The fourth-order valence-corrected chi connectivity index (χ4v) is 4.98. The van der Waals surface area contributed by atoms with Gasteiger partial charge in [-0.15, -0.1) is 0 Å². The molecule has 0 bridgehead atoms. The number of hydrogen-bond donors (Lipinski definition) is 1. The Morgan fingerprint density at radius 1 is 1.06 bits per heavy atom. The van der Waals surface area contributed by atoms with E-state index in [4.69, 9.17) is 4.74 Å². The molecule has 2 aromatic carbocycles. The lowest BCUT2D eigenvalue weighted by Gasteiger charge is -2.36. The number of carbonyl (C=O) groups excluding carboxylic acids is 1. The molecule has 0 saturated carbocycles. The summed E-state index contributed by atoms with van der Waals surface area (Å²) in [6.07, 6.45) is 1.70. The maximum Gasteiger partial charge on any atom is 0.253 e. The van der Waals surface area contributed by atoms with Crippen molar-refractivity contribution >= 4 is 21.6 Å². The number of hydrogen-bond acceptors (Lipinski definition) is 5. The maximum atomic E-state index is 14.0. The largest absolute Gasteiger partial charge is 0.377 e. The third-order valence-corrected chi connectivity index (χ3v) is 7.14. The molecule has 166 valence electrons. The number of anilines is 1. The normalized spacial score (nSPS) is 19.6. The number of carbonyl (C=O) groups is 1. The molecule has 9 heteroatoms. The predicted octanol–water partition coefficient (Wildman–Crippen LogP) is 2.25. The second kappa shape index (κ2) is 9.33. The molecule has 1 amide bonds. The van der Waals surface area contributed by atoms with Gasteiger partial charge >= 0.3 is 0 Å². The summed E-state index contributed by atoms with van der Waals surface area (Å²) in [6, 6.07) is 12.6. The number of piperazine rings is 1. The quantitative estimate of drug-likeness (QED) is 0.735. The van der Waals surface area contributed by atoms with E-state index in [1.807, 2.05) is 4.90 Å². The lowest BCUT2D eigenvalue weighted by atomic mass is 10.1. The number of rotatable bonds is 6. The van der Waals surface area contributed by atoms with Gasteiger partial charge in [0, 0.05) is 44.9 Å². The Labute approximate surface area is 181 Å². The van der Waals surface area contributed by atoms with Crippen LogP contribution in [0.4, 0.5) is 10.1 Å². The lowest BCUT2D eigenvalue weighted by Crippen LogP contribution is -2.49. The van der Waals surface area contributed by atoms with Crippen molar-refractivity contribution in [2.75, 3.05) is 44.2 Å². The summed E-state index contributed by atoms with van der Waals surface area (Å²) in [7, 11) is -3.65. The van der Waals surface area contributed by atoms with Crippen molar-refractivity contribution in [1.82, 2.24) is 9.62 Å². The summed E-state index contributed by atoms with van der Waals surface area (Å²) in [5.41, 5.74) is 0.970. The van der Waals surface area contributed by atoms with Gasteiger partial charge in [0.25, 0.3) is 5.91 Å². The number of amides is 1. The summed E-state index contributed by atoms with van der Waals surface area (Å²) >= 11 is 0. The Bertz CT molecular complexity index is 1020. The van der Waals surface area contributed by atoms with Crippen molar-refractivity contribution in [3.63, 3.8) is 0 Å². The first-order valence-corrected chi connectivity index (χ1v) is 11.9. The SMILES string of the molecule is O=C(c1ccc(S(=O)(=O)NC[C@H]2CCCO2)cc1)N1CCN(c2ccccc2F)CC1. The molecule has 1 atom stereocenters. The van der Waals surface area contributed by atoms with E-state index in [9.17, 15) is 17.6 Å². The van der Waals surface area contributed by atoms with Gasteiger partial charge in [-0.05, 0) is 49.2 Å². The fourth-order valence-electron chi connectivity index (χ4n) is 3.91. The zero-order valence-corrected chi connectivity index (χ0v) is 18.0. The molecule has 0 aromatic heterocycles. The van der Waals surface area contributed by atoms with Crippen molar-refractivity contribution in [2.45, 2.75) is 23.8 Å². The molecule has 31 heavy (non-hydrogen) atoms. The van der Waals surface area contributed by atoms with Crippen molar-refractivity contribution in [3.8, 4) is 0 Å². The molecular formula is C22H26FN3O4S. The third-order valence-electron chi connectivity index (χ3n) is 5.70. The van der Waals surface area contributed by atoms with Crippen LogP contribution in [0, 0.1) is 5.82 Å². The van der Waals surface area contributed by atoms with E-state index in [1.54, 1.807) is 23.1 Å². The molecule has 7 nitrogen and oxygen atoms in total. The number of ether oxygens (including phenoxy) is 1. The third kappa shape index (κ3) is 5.06. The van der Waals surface area contributed by atoms with Gasteiger partial charge in [-0.1, -0.05) is 12.1 Å². The summed E-state index contributed by atoms with van der Waals surface area (Å²) in [5, 5.41) is 0. The monoisotopic (exact) mass is 447 g/mol. The number of sulfonamides is 1. The molecule has 2 aliphatic rings. The van der Waals surface area contributed by atoms with Gasteiger partial charge in [0.15, 0.2) is 0 Å². The van der Waals surface area contributed by atoms with E-state index in [2.05, 4.69) is 4.72 Å². The second-order valence-electron chi connectivity index (χ2n) is 7.74. The predicted molar refractivity (Wildman–Crippen MR) is 115 cm³/mol. The molecule has 2 fully saturated rings. The van der Waals surface area contributed by atoms with E-state index in [0.717, 1.165) is 12.8 Å². The van der Waals surface area contributed by atoms with Crippen molar-refractivity contribution in [1.29, 1.82) is 0 Å². The average Bonchev–Trinajstić information content (AvgIpc) is 3.32. The van der Waals surface area contributed by atoms with Gasteiger partial charge in [0.2, 0.25) is 10.0 Å². The van der Waals surface area contributed by atoms with E-state index in [1.165, 1.54) is 30.3 Å². The number of nitrogens with zero attached hydrogens (tertiary/aromatic N) is 2. The lowest BCUT2D eigenvalue weighted by molar-refractivity contribution is 0.0746. The minimum absolute atomic E-state index is 0.0846. The highest BCUT2D eigenvalue weighted by Gasteiger charge is 2.24. The highest BCUT2D eigenvalue weighted by atomic mass is 32.2. The van der Waals surface area contributed by atoms with Crippen LogP contribution in [0.3, 0.4) is 0 Å². The maximum absolute atomic E-state index is 14.0. The Balaban J connectivity index is 1.34. The first kappa shape index (κ1) is 21.7. The smallest absolute Gasteiger partial charge is 0.253 e. The Kier molecular flexibility index (Phi) is 6.54. The fraction of sp³-hybridized carbons (Fsp3) is 0.409. The molecule has 0 radical (unpaired) electrons. The van der Waals surface area contributed by atoms with Gasteiger partial charge in [-0.3, -0.25) is 4.79 Å². The van der Waals surface area contributed by atoms with Crippen LogP contribution in [0.25, 0.3) is 0 Å². The van der Waals surface area contributed by atoms with E-state index in [-0.39, 0.29) is 29.3 Å². The summed E-state index contributed by atoms with van der Waals surface area (Å²) < 4.78 is 46.9. The number of nitrogens with one attached hydrogen (secondary N) is 1. The summed E-state index contributed by atoms with van der Waals surface area (Å²) in [4.78, 5) is 16.6. The zero-order valence-electron chi connectivity index (χ0n) is 17.2. The van der Waals surface area contributed by atoms with Crippen LogP contribution in [0.1, 0.15) is 23.2 Å². The van der Waals surface area contributed by atoms with Crippen LogP contribution in [0.15, 0.2) is 53.4 Å². The van der Waals surface area contributed by atoms with Crippen LogP contribution in [-0.2, 0) is 14.8 Å². The average molecular weight is 448 g/mol. The number of halogens is 1. The number of para-hydroxylation sites is 1. The highest BCUT2D eigenvalue weighted by molar-refractivity contribution is 7.89. The molecule has 4 rings (SSSR count). The van der Waals surface area contributed by atoms with Crippen LogP contribution in [-0.4, -0.2) is 64.7 Å². The van der Waals surface area contributed by atoms with Crippen molar-refractivity contribution < 1.29 is 22.3 Å². The molecule has 2 saturated heterocycles. The molecule has 0 aliphatic carbocycles. The first-order valence-electron chi connectivity index (χ1n) is 10.4. The zero-order chi connectivity index (χ0) is 21.8. The topological polar surface area (TPSA) is 78.9 Å². The minimum atomic E-state index is -3.65. The number of benzene rings is 2. The summed E-state index contributed by atoms with van der Waals surface area (Å²) in [6.45, 7) is 2.91. The molecule has 0 spiro atoms. The van der Waals surface area contributed by atoms with Gasteiger partial charge in [-0.25, -0.2) is 17.5 Å². The summed E-state index contributed by atoms with van der Waals surface area (Å²) in [5.74, 6) is -0.434. The Morgan fingerprint density at radius 3 is 2.42 bits per heavy atom. The standard InChI is InChI=1S/C22H26FN3O4S/c23-20-5-1-2-6-21(20)25-11-13-26(14-12-25)22(27)17-7-9-19(10-8-17)31(28,29)24-16-18-4-3-15-30-18/h1-2,5-10,18,24H,3-4,11-16H2/t18-/m1/s1. The van der Waals surface area contributed by atoms with Crippen LogP contribution in [0.5, 0.6) is 0 Å². The van der Waals surface area contributed by atoms with E-state index in [0.29, 0.717) is 44.0 Å². The Hall–Kier alpha value is -2.49. The van der Waals surface area contributed by atoms with E-state index >= 15 is 0 Å². The molecule has 0 unspecified atom stereocenters. The van der Waals surface area contributed by atoms with Gasteiger partial charge < -0.3 is 14.5 Å². The molecule has 2 aromatic rings. The van der Waals surface area contributed by atoms with Crippen LogP contribution in [0.2, 0.25) is 0 Å². The van der Waals surface area contributed by atoms with Crippen LogP contribution < -0.4 is 9.62 Å². The highest BCUT2D eigenvalue weighted by Crippen LogP contribution is 2.21. The Morgan fingerprint density at radius 2 is 1.77 bits per heavy atom. The molecule has 2 heterocycles.